The van der Waals surface area contributed by atoms with Crippen molar-refractivity contribution in [2.24, 2.45) is 0 Å². The van der Waals surface area contributed by atoms with Crippen LogP contribution >= 0.6 is 0 Å². The highest BCUT2D eigenvalue weighted by molar-refractivity contribution is 6.13. The van der Waals surface area contributed by atoms with Crippen LogP contribution in [-0.2, 0) is 0 Å². The molecule has 0 N–H and O–H groups in total. The molecular formula is C46H31N. The van der Waals surface area contributed by atoms with Gasteiger partial charge in [0, 0.05) is 17.1 Å². The van der Waals surface area contributed by atoms with E-state index in [2.05, 4.69) is 193 Å². The fraction of sp³-hybridized carbons (Fsp3) is 0. The smallest absolute Gasteiger partial charge is 0.0468 e. The molecule has 0 bridgehead atoms. The highest BCUT2D eigenvalue weighted by atomic mass is 15.1. The van der Waals surface area contributed by atoms with Gasteiger partial charge >= 0.3 is 0 Å². The van der Waals surface area contributed by atoms with Gasteiger partial charge in [-0.3, -0.25) is 0 Å². The SMILES string of the molecule is c1ccc2cc(N(c3ccc(-c4cccc5ccccc45)cc3)c3ccc(-c4cc5ccccc5c5ccccc45)cc3)ccc2c1. The van der Waals surface area contributed by atoms with Crippen LogP contribution in [0, 0.1) is 0 Å². The lowest BCUT2D eigenvalue weighted by Crippen LogP contribution is -2.09. The molecule has 220 valence electrons. The van der Waals surface area contributed by atoms with Crippen LogP contribution in [0.2, 0.25) is 0 Å². The van der Waals surface area contributed by atoms with Gasteiger partial charge in [0.1, 0.15) is 0 Å². The molecule has 0 aliphatic heterocycles. The van der Waals surface area contributed by atoms with E-state index in [0.717, 1.165) is 17.1 Å². The highest BCUT2D eigenvalue weighted by Gasteiger charge is 2.15. The highest BCUT2D eigenvalue weighted by Crippen LogP contribution is 2.40. The number of fused-ring (bicyclic) bond motifs is 5. The van der Waals surface area contributed by atoms with Gasteiger partial charge in [-0.05, 0) is 108 Å². The standard InChI is InChI=1S/C46H31N/c1-2-12-36-30-40(29-20-32(36)10-1)47(38-25-21-34(22-26-38)42-19-9-14-33-11-3-5-15-41(33)42)39-27-23-35(24-28-39)46-31-37-13-4-6-16-43(37)44-17-7-8-18-45(44)46/h1-31H. The molecule has 0 heterocycles. The Morgan fingerprint density at radius 1 is 0.255 bits per heavy atom. The van der Waals surface area contributed by atoms with Gasteiger partial charge in [-0.2, -0.15) is 0 Å². The van der Waals surface area contributed by atoms with Crippen molar-refractivity contribution >= 4 is 60.2 Å². The van der Waals surface area contributed by atoms with E-state index in [1.54, 1.807) is 0 Å². The molecule has 9 rings (SSSR count). The third kappa shape index (κ3) is 4.81. The van der Waals surface area contributed by atoms with Gasteiger partial charge in [-0.15, -0.1) is 0 Å². The van der Waals surface area contributed by atoms with E-state index in [1.165, 1.54) is 65.3 Å². The molecule has 0 unspecified atom stereocenters. The van der Waals surface area contributed by atoms with E-state index in [1.807, 2.05) is 0 Å². The Kier molecular flexibility index (Phi) is 6.54. The molecule has 0 aliphatic rings. The van der Waals surface area contributed by atoms with Gasteiger partial charge in [-0.25, -0.2) is 0 Å². The maximum Gasteiger partial charge on any atom is 0.0468 e. The summed E-state index contributed by atoms with van der Waals surface area (Å²) in [6.45, 7) is 0. The van der Waals surface area contributed by atoms with Crippen molar-refractivity contribution < 1.29 is 0 Å². The summed E-state index contributed by atoms with van der Waals surface area (Å²) < 4.78 is 0. The van der Waals surface area contributed by atoms with E-state index in [-0.39, 0.29) is 0 Å². The fourth-order valence-corrected chi connectivity index (χ4v) is 7.11. The van der Waals surface area contributed by atoms with Gasteiger partial charge in [0.05, 0.1) is 0 Å². The quantitative estimate of drug-likeness (QED) is 0.178. The van der Waals surface area contributed by atoms with Crippen LogP contribution in [0.25, 0.3) is 65.3 Å². The van der Waals surface area contributed by atoms with E-state index in [9.17, 15) is 0 Å². The first-order chi connectivity index (χ1) is 23.3. The first kappa shape index (κ1) is 27.2. The molecule has 0 spiro atoms. The van der Waals surface area contributed by atoms with Crippen LogP contribution in [0.3, 0.4) is 0 Å². The molecule has 0 radical (unpaired) electrons. The number of benzene rings is 9. The largest absolute Gasteiger partial charge is 0.310 e. The normalized spacial score (nSPS) is 11.4. The zero-order valence-corrected chi connectivity index (χ0v) is 25.8. The Labute approximate surface area is 274 Å². The summed E-state index contributed by atoms with van der Waals surface area (Å²) >= 11 is 0. The van der Waals surface area contributed by atoms with Crippen molar-refractivity contribution in [3.8, 4) is 22.3 Å². The lowest BCUT2D eigenvalue weighted by Gasteiger charge is -2.26. The first-order valence-electron chi connectivity index (χ1n) is 16.2. The van der Waals surface area contributed by atoms with Gasteiger partial charge in [0.2, 0.25) is 0 Å². The third-order valence-electron chi connectivity index (χ3n) is 9.42. The number of rotatable bonds is 5. The summed E-state index contributed by atoms with van der Waals surface area (Å²) in [6, 6.07) is 68.3. The van der Waals surface area contributed by atoms with Crippen LogP contribution in [0.5, 0.6) is 0 Å². The van der Waals surface area contributed by atoms with Crippen LogP contribution in [-0.4, -0.2) is 0 Å². The number of hydrogen-bond donors (Lipinski definition) is 0. The van der Waals surface area contributed by atoms with Crippen LogP contribution in [0.15, 0.2) is 188 Å². The Morgan fingerprint density at radius 2 is 0.766 bits per heavy atom. The van der Waals surface area contributed by atoms with Crippen LogP contribution in [0.1, 0.15) is 0 Å². The predicted octanol–water partition coefficient (Wildman–Crippen LogP) is 13.1. The number of hydrogen-bond acceptors (Lipinski definition) is 1. The second kappa shape index (κ2) is 11.3. The van der Waals surface area contributed by atoms with E-state index in [4.69, 9.17) is 0 Å². The Bertz CT molecular complexity index is 2560. The monoisotopic (exact) mass is 597 g/mol. The third-order valence-corrected chi connectivity index (χ3v) is 9.42. The van der Waals surface area contributed by atoms with E-state index >= 15 is 0 Å². The molecule has 0 fully saturated rings. The topological polar surface area (TPSA) is 3.24 Å². The molecule has 0 saturated heterocycles. The van der Waals surface area contributed by atoms with Crippen molar-refractivity contribution in [2.75, 3.05) is 4.90 Å². The van der Waals surface area contributed by atoms with Crippen molar-refractivity contribution in [2.45, 2.75) is 0 Å². The summed E-state index contributed by atoms with van der Waals surface area (Å²) in [5.74, 6) is 0. The predicted molar refractivity (Wildman–Crippen MR) is 202 cm³/mol. The average molecular weight is 598 g/mol. The summed E-state index contributed by atoms with van der Waals surface area (Å²) in [5.41, 5.74) is 8.29. The Morgan fingerprint density at radius 3 is 1.49 bits per heavy atom. The average Bonchev–Trinajstić information content (AvgIpc) is 3.15. The minimum absolute atomic E-state index is 1.12. The summed E-state index contributed by atoms with van der Waals surface area (Å²) in [5, 5.41) is 10.1. The van der Waals surface area contributed by atoms with Gasteiger partial charge < -0.3 is 4.90 Å². The van der Waals surface area contributed by atoms with Gasteiger partial charge in [0.15, 0.2) is 0 Å². The molecule has 0 aliphatic carbocycles. The van der Waals surface area contributed by atoms with Crippen LogP contribution < -0.4 is 4.90 Å². The molecule has 0 aromatic heterocycles. The van der Waals surface area contributed by atoms with Crippen molar-refractivity contribution in [3.63, 3.8) is 0 Å². The molecule has 1 heteroatoms. The molecule has 0 atom stereocenters. The zero-order chi connectivity index (χ0) is 31.2. The molecule has 1 nitrogen and oxygen atoms in total. The zero-order valence-electron chi connectivity index (χ0n) is 25.8. The summed E-state index contributed by atoms with van der Waals surface area (Å²) in [4.78, 5) is 2.36. The second-order valence-corrected chi connectivity index (χ2v) is 12.2. The van der Waals surface area contributed by atoms with E-state index in [0.29, 0.717) is 0 Å². The summed E-state index contributed by atoms with van der Waals surface area (Å²) in [7, 11) is 0. The molecule has 47 heavy (non-hydrogen) atoms. The lowest BCUT2D eigenvalue weighted by molar-refractivity contribution is 1.29. The van der Waals surface area contributed by atoms with E-state index < -0.39 is 0 Å². The van der Waals surface area contributed by atoms with Crippen molar-refractivity contribution in [1.29, 1.82) is 0 Å². The lowest BCUT2D eigenvalue weighted by atomic mass is 9.93. The molecule has 0 amide bonds. The maximum absolute atomic E-state index is 2.36. The summed E-state index contributed by atoms with van der Waals surface area (Å²) in [6.07, 6.45) is 0. The Hall–Kier alpha value is -6.18. The Balaban J connectivity index is 1.16. The maximum atomic E-state index is 2.36. The first-order valence-corrected chi connectivity index (χ1v) is 16.2. The van der Waals surface area contributed by atoms with Crippen LogP contribution in [0.4, 0.5) is 17.1 Å². The molecule has 9 aromatic carbocycles. The molecule has 0 saturated carbocycles. The van der Waals surface area contributed by atoms with Gasteiger partial charge in [-0.1, -0.05) is 146 Å². The molecule has 9 aromatic rings. The fourth-order valence-electron chi connectivity index (χ4n) is 7.11. The number of nitrogens with zero attached hydrogens (tertiary/aromatic N) is 1. The molecular weight excluding hydrogens is 567 g/mol. The van der Waals surface area contributed by atoms with Crippen molar-refractivity contribution in [1.82, 2.24) is 0 Å². The van der Waals surface area contributed by atoms with Crippen molar-refractivity contribution in [3.05, 3.63) is 188 Å². The number of anilines is 3. The second-order valence-electron chi connectivity index (χ2n) is 12.2. The van der Waals surface area contributed by atoms with Gasteiger partial charge in [0.25, 0.3) is 0 Å². The minimum atomic E-state index is 1.12. The minimum Gasteiger partial charge on any atom is -0.310 e.